The molecule has 0 aliphatic carbocycles. The van der Waals surface area contributed by atoms with Crippen LogP contribution in [0.25, 0.3) is 0 Å². The van der Waals surface area contributed by atoms with Crippen LogP contribution in [0, 0.1) is 5.92 Å². The molecule has 1 N–H and O–H groups in total. The molecule has 2 nitrogen and oxygen atoms in total. The van der Waals surface area contributed by atoms with Crippen molar-refractivity contribution in [2.24, 2.45) is 5.92 Å². The van der Waals surface area contributed by atoms with Gasteiger partial charge in [-0.25, -0.2) is 0 Å². The highest BCUT2D eigenvalue weighted by Crippen LogP contribution is 2.17. The van der Waals surface area contributed by atoms with Crippen LogP contribution >= 0.6 is 24.8 Å². The number of hydrogen-bond donors (Lipinski definition) is 1. The largest absolute Gasteiger partial charge is 0.319 e. The molecule has 1 heterocycles. The fourth-order valence-electron chi connectivity index (χ4n) is 2.35. The molecule has 17 heavy (non-hydrogen) atoms. The van der Waals surface area contributed by atoms with Gasteiger partial charge in [0.2, 0.25) is 0 Å². The molecular formula is C13H22Cl2N2. The maximum absolute atomic E-state index is 3.27. The summed E-state index contributed by atoms with van der Waals surface area (Å²) in [6, 6.07) is 10.8. The van der Waals surface area contributed by atoms with Crippen molar-refractivity contribution in [2.75, 3.05) is 26.7 Å². The summed E-state index contributed by atoms with van der Waals surface area (Å²) in [6.45, 7) is 4.77. The first kappa shape index (κ1) is 16.7. The SMILES string of the molecule is CNCC1CCN(Cc2ccccc2)C1.Cl.Cl. The molecule has 0 radical (unpaired) electrons. The summed E-state index contributed by atoms with van der Waals surface area (Å²) in [4.78, 5) is 2.55. The summed E-state index contributed by atoms with van der Waals surface area (Å²) in [5.41, 5.74) is 1.43. The number of halogens is 2. The number of benzene rings is 1. The maximum atomic E-state index is 3.27. The first-order valence-electron chi connectivity index (χ1n) is 5.79. The molecule has 1 unspecified atom stereocenters. The van der Waals surface area contributed by atoms with Gasteiger partial charge in [0, 0.05) is 13.1 Å². The minimum Gasteiger partial charge on any atom is -0.319 e. The van der Waals surface area contributed by atoms with E-state index in [-0.39, 0.29) is 24.8 Å². The Hall–Kier alpha value is -0.280. The molecule has 1 aliphatic rings. The minimum absolute atomic E-state index is 0. The third kappa shape index (κ3) is 5.26. The molecule has 1 saturated heterocycles. The second-order valence-electron chi connectivity index (χ2n) is 4.43. The third-order valence-electron chi connectivity index (χ3n) is 3.11. The van der Waals surface area contributed by atoms with Crippen LogP contribution in [0.5, 0.6) is 0 Å². The molecule has 0 bridgehead atoms. The van der Waals surface area contributed by atoms with E-state index < -0.39 is 0 Å². The second kappa shape index (κ2) is 8.76. The molecule has 0 amide bonds. The summed E-state index contributed by atoms with van der Waals surface area (Å²) in [5, 5.41) is 3.27. The van der Waals surface area contributed by atoms with Crippen molar-refractivity contribution in [3.05, 3.63) is 35.9 Å². The maximum Gasteiger partial charge on any atom is 0.0233 e. The van der Waals surface area contributed by atoms with Gasteiger partial charge in [0.25, 0.3) is 0 Å². The van der Waals surface area contributed by atoms with Crippen LogP contribution in [0.4, 0.5) is 0 Å². The van der Waals surface area contributed by atoms with Gasteiger partial charge >= 0.3 is 0 Å². The monoisotopic (exact) mass is 276 g/mol. The molecule has 98 valence electrons. The van der Waals surface area contributed by atoms with Gasteiger partial charge in [-0.2, -0.15) is 0 Å². The molecule has 4 heteroatoms. The molecule has 1 aromatic rings. The predicted octanol–water partition coefficient (Wildman–Crippen LogP) is 2.57. The van der Waals surface area contributed by atoms with Crippen molar-refractivity contribution in [3.63, 3.8) is 0 Å². The first-order valence-corrected chi connectivity index (χ1v) is 5.79. The van der Waals surface area contributed by atoms with Gasteiger partial charge in [-0.05, 0) is 38.0 Å². The van der Waals surface area contributed by atoms with Crippen molar-refractivity contribution in [1.29, 1.82) is 0 Å². The standard InChI is InChI=1S/C13H20N2.2ClH/c1-14-9-13-7-8-15(11-13)10-12-5-3-2-4-6-12;;/h2-6,13-14H,7-11H2,1H3;2*1H. The lowest BCUT2D eigenvalue weighted by atomic mass is 10.1. The predicted molar refractivity (Wildman–Crippen MR) is 78.2 cm³/mol. The summed E-state index contributed by atoms with van der Waals surface area (Å²) in [6.07, 6.45) is 1.34. The molecule has 0 aromatic heterocycles. The van der Waals surface area contributed by atoms with Crippen LogP contribution in [-0.2, 0) is 6.54 Å². The van der Waals surface area contributed by atoms with Crippen molar-refractivity contribution in [3.8, 4) is 0 Å². The van der Waals surface area contributed by atoms with Gasteiger partial charge in [0.05, 0.1) is 0 Å². The normalized spacial score (nSPS) is 19.5. The Balaban J connectivity index is 0.00000128. The molecule has 0 spiro atoms. The number of rotatable bonds is 4. The van der Waals surface area contributed by atoms with Crippen LogP contribution in [0.1, 0.15) is 12.0 Å². The Kier molecular flexibility index (Phi) is 8.61. The number of hydrogen-bond acceptors (Lipinski definition) is 2. The quantitative estimate of drug-likeness (QED) is 0.910. The van der Waals surface area contributed by atoms with E-state index in [1.807, 2.05) is 7.05 Å². The Morgan fingerprint density at radius 3 is 2.59 bits per heavy atom. The van der Waals surface area contributed by atoms with Gasteiger partial charge in [0.1, 0.15) is 0 Å². The van der Waals surface area contributed by atoms with Crippen molar-refractivity contribution in [2.45, 2.75) is 13.0 Å². The van der Waals surface area contributed by atoms with Crippen LogP contribution < -0.4 is 5.32 Å². The average molecular weight is 277 g/mol. The van der Waals surface area contributed by atoms with Crippen LogP contribution in [-0.4, -0.2) is 31.6 Å². The van der Waals surface area contributed by atoms with Gasteiger partial charge in [-0.1, -0.05) is 30.3 Å². The molecule has 1 atom stereocenters. The van der Waals surface area contributed by atoms with Crippen molar-refractivity contribution >= 4 is 24.8 Å². The summed E-state index contributed by atoms with van der Waals surface area (Å²) in [5.74, 6) is 0.846. The molecule has 1 fully saturated rings. The van der Waals surface area contributed by atoms with Crippen LogP contribution in [0.3, 0.4) is 0 Å². The van der Waals surface area contributed by atoms with E-state index >= 15 is 0 Å². The molecule has 0 saturated carbocycles. The molecule has 1 aliphatic heterocycles. The zero-order valence-corrected chi connectivity index (χ0v) is 11.9. The highest BCUT2D eigenvalue weighted by atomic mass is 35.5. The van der Waals surface area contributed by atoms with E-state index in [2.05, 4.69) is 40.5 Å². The van der Waals surface area contributed by atoms with Gasteiger partial charge < -0.3 is 5.32 Å². The number of likely N-dealkylation sites (tertiary alicyclic amines) is 1. The van der Waals surface area contributed by atoms with Crippen molar-refractivity contribution < 1.29 is 0 Å². The summed E-state index contributed by atoms with van der Waals surface area (Å²) >= 11 is 0. The van der Waals surface area contributed by atoms with E-state index in [4.69, 9.17) is 0 Å². The lowest BCUT2D eigenvalue weighted by molar-refractivity contribution is 0.315. The lowest BCUT2D eigenvalue weighted by Crippen LogP contribution is -2.24. The summed E-state index contributed by atoms with van der Waals surface area (Å²) in [7, 11) is 2.04. The highest BCUT2D eigenvalue weighted by molar-refractivity contribution is 5.85. The van der Waals surface area contributed by atoms with E-state index in [0.717, 1.165) is 19.0 Å². The average Bonchev–Trinajstić information content (AvgIpc) is 2.68. The van der Waals surface area contributed by atoms with Gasteiger partial charge in [-0.15, -0.1) is 24.8 Å². The van der Waals surface area contributed by atoms with E-state index in [1.165, 1.54) is 25.1 Å². The second-order valence-corrected chi connectivity index (χ2v) is 4.43. The van der Waals surface area contributed by atoms with E-state index in [1.54, 1.807) is 0 Å². The Bertz CT molecular complexity index is 293. The molecule has 1 aromatic carbocycles. The van der Waals surface area contributed by atoms with E-state index in [0.29, 0.717) is 0 Å². The Morgan fingerprint density at radius 2 is 1.94 bits per heavy atom. The molecule has 2 rings (SSSR count). The minimum atomic E-state index is 0. The number of nitrogens with zero attached hydrogens (tertiary/aromatic N) is 1. The van der Waals surface area contributed by atoms with Crippen LogP contribution in [0.15, 0.2) is 30.3 Å². The Labute approximate surface area is 117 Å². The zero-order valence-electron chi connectivity index (χ0n) is 10.3. The topological polar surface area (TPSA) is 15.3 Å². The number of nitrogens with one attached hydrogen (secondary N) is 1. The fraction of sp³-hybridized carbons (Fsp3) is 0.538. The van der Waals surface area contributed by atoms with Gasteiger partial charge in [-0.3, -0.25) is 4.90 Å². The third-order valence-corrected chi connectivity index (χ3v) is 3.11. The summed E-state index contributed by atoms with van der Waals surface area (Å²) < 4.78 is 0. The molecular weight excluding hydrogens is 255 g/mol. The fourth-order valence-corrected chi connectivity index (χ4v) is 2.35. The first-order chi connectivity index (χ1) is 7.38. The lowest BCUT2D eigenvalue weighted by Gasteiger charge is -2.15. The highest BCUT2D eigenvalue weighted by Gasteiger charge is 2.21. The Morgan fingerprint density at radius 1 is 1.24 bits per heavy atom. The zero-order chi connectivity index (χ0) is 10.5. The van der Waals surface area contributed by atoms with Crippen LogP contribution in [0.2, 0.25) is 0 Å². The van der Waals surface area contributed by atoms with Crippen molar-refractivity contribution in [1.82, 2.24) is 10.2 Å². The smallest absolute Gasteiger partial charge is 0.0233 e. The van der Waals surface area contributed by atoms with Gasteiger partial charge in [0.15, 0.2) is 0 Å². The van der Waals surface area contributed by atoms with E-state index in [9.17, 15) is 0 Å².